The molecule has 3 aromatic rings. The van der Waals surface area contributed by atoms with Crippen LogP contribution in [0, 0.1) is 12.7 Å². The zero-order valence-electron chi connectivity index (χ0n) is 21.1. The van der Waals surface area contributed by atoms with Crippen molar-refractivity contribution in [2.24, 2.45) is 4.99 Å². The molecular weight excluding hydrogens is 489 g/mol. The van der Waals surface area contributed by atoms with E-state index < -0.39 is 11.7 Å². The maximum absolute atomic E-state index is 14.2. The summed E-state index contributed by atoms with van der Waals surface area (Å²) in [6, 6.07) is 5.80. The van der Waals surface area contributed by atoms with Crippen molar-refractivity contribution in [3.8, 4) is 11.1 Å². The number of hydrogen-bond acceptors (Lipinski definition) is 10. The van der Waals surface area contributed by atoms with Crippen LogP contribution in [0.5, 0.6) is 0 Å². The van der Waals surface area contributed by atoms with E-state index in [4.69, 9.17) is 4.74 Å². The number of hydrazine groups is 1. The average Bonchev–Trinajstić information content (AvgIpc) is 2.94. The van der Waals surface area contributed by atoms with Crippen LogP contribution in [0.2, 0.25) is 0 Å². The quantitative estimate of drug-likeness (QED) is 0.405. The van der Waals surface area contributed by atoms with Gasteiger partial charge in [-0.15, -0.1) is 0 Å². The summed E-state index contributed by atoms with van der Waals surface area (Å²) >= 11 is 0. The Kier molecular flexibility index (Phi) is 7.50. The second-order valence-corrected chi connectivity index (χ2v) is 8.98. The van der Waals surface area contributed by atoms with Crippen LogP contribution >= 0.6 is 0 Å². The summed E-state index contributed by atoms with van der Waals surface area (Å²) in [6.45, 7) is 6.02. The predicted octanol–water partition coefficient (Wildman–Crippen LogP) is 2.54. The first kappa shape index (κ1) is 25.2. The van der Waals surface area contributed by atoms with Crippen LogP contribution in [0.4, 0.5) is 21.8 Å². The summed E-state index contributed by atoms with van der Waals surface area (Å²) in [5.74, 6) is -0.736. The molecule has 5 rings (SSSR count). The van der Waals surface area contributed by atoms with E-state index in [0.717, 1.165) is 28.6 Å². The minimum absolute atomic E-state index is 0.0788. The van der Waals surface area contributed by atoms with Crippen LogP contribution in [0.15, 0.2) is 60.3 Å². The predicted molar refractivity (Wildman–Crippen MR) is 142 cm³/mol. The number of aryl methyl sites for hydroxylation is 1. The van der Waals surface area contributed by atoms with Gasteiger partial charge in [-0.05, 0) is 43.2 Å². The third kappa shape index (κ3) is 5.75. The molecular formula is C26H28FN9O2. The zero-order valence-corrected chi connectivity index (χ0v) is 21.1. The second kappa shape index (κ2) is 11.3. The number of amides is 1. The molecule has 2 atom stereocenters. The SMILES string of the molecule is Cc1cc(NC2C=CC(C(=O)NNc3ncc(F)c(N4CCOCC4)n3)=NC2C)ccc1-c1cncnc1. The number of aromatic nitrogens is 4. The van der Waals surface area contributed by atoms with E-state index in [1.165, 1.54) is 6.33 Å². The van der Waals surface area contributed by atoms with Crippen molar-refractivity contribution < 1.29 is 13.9 Å². The first-order chi connectivity index (χ1) is 18.5. The van der Waals surface area contributed by atoms with Crippen LogP contribution in [0.25, 0.3) is 11.1 Å². The van der Waals surface area contributed by atoms with E-state index in [-0.39, 0.29) is 29.6 Å². The molecule has 11 nitrogen and oxygen atoms in total. The van der Waals surface area contributed by atoms with Crippen molar-refractivity contribution >= 4 is 29.1 Å². The third-order valence-electron chi connectivity index (χ3n) is 6.31. The number of morpholine rings is 1. The van der Waals surface area contributed by atoms with E-state index in [1.54, 1.807) is 23.4 Å². The molecule has 1 aromatic carbocycles. The van der Waals surface area contributed by atoms with Gasteiger partial charge in [0.2, 0.25) is 5.95 Å². The monoisotopic (exact) mass is 517 g/mol. The molecule has 0 spiro atoms. The highest BCUT2D eigenvalue weighted by atomic mass is 19.1. The van der Waals surface area contributed by atoms with Crippen molar-refractivity contribution in [2.45, 2.75) is 25.9 Å². The highest BCUT2D eigenvalue weighted by molar-refractivity contribution is 6.43. The summed E-state index contributed by atoms with van der Waals surface area (Å²) < 4.78 is 19.5. The van der Waals surface area contributed by atoms with Gasteiger partial charge in [0.25, 0.3) is 5.91 Å². The van der Waals surface area contributed by atoms with Gasteiger partial charge < -0.3 is 15.0 Å². The molecule has 2 aliphatic heterocycles. The lowest BCUT2D eigenvalue weighted by atomic mass is 10.0. The highest BCUT2D eigenvalue weighted by Crippen LogP contribution is 2.26. The maximum atomic E-state index is 14.2. The summed E-state index contributed by atoms with van der Waals surface area (Å²) in [4.78, 5) is 35.3. The van der Waals surface area contributed by atoms with E-state index in [2.05, 4.69) is 47.2 Å². The number of aliphatic imine (C=N–C) groups is 1. The number of carbonyl (C=O) groups excluding carboxylic acids is 1. The van der Waals surface area contributed by atoms with E-state index >= 15 is 0 Å². The number of carbonyl (C=O) groups is 1. The lowest BCUT2D eigenvalue weighted by Crippen LogP contribution is -2.40. The normalized spacial score (nSPS) is 19.0. The van der Waals surface area contributed by atoms with Crippen molar-refractivity contribution in [1.82, 2.24) is 25.4 Å². The fourth-order valence-electron chi connectivity index (χ4n) is 4.30. The Labute approximate surface area is 219 Å². The molecule has 4 heterocycles. The molecule has 2 aromatic heterocycles. The molecule has 1 saturated heterocycles. The fraction of sp³-hybridized carbons (Fsp3) is 0.308. The second-order valence-electron chi connectivity index (χ2n) is 8.98. The van der Waals surface area contributed by atoms with Gasteiger partial charge >= 0.3 is 0 Å². The number of halogens is 1. The Hall–Kier alpha value is -4.45. The van der Waals surface area contributed by atoms with Gasteiger partial charge in [-0.3, -0.25) is 20.6 Å². The summed E-state index contributed by atoms with van der Waals surface area (Å²) in [6.07, 6.45) is 9.74. The Morgan fingerprint density at radius 1 is 1.16 bits per heavy atom. The number of dihydropyridines is 1. The number of nitrogens with one attached hydrogen (secondary N) is 3. The minimum Gasteiger partial charge on any atom is -0.378 e. The van der Waals surface area contributed by atoms with E-state index in [0.29, 0.717) is 26.3 Å². The number of nitrogens with zero attached hydrogens (tertiary/aromatic N) is 6. The number of ether oxygens (including phenoxy) is 1. The Bertz CT molecular complexity index is 1360. The van der Waals surface area contributed by atoms with Gasteiger partial charge in [-0.2, -0.15) is 4.98 Å². The molecule has 0 bridgehead atoms. The first-order valence-electron chi connectivity index (χ1n) is 12.3. The van der Waals surface area contributed by atoms with Crippen molar-refractivity contribution in [3.63, 3.8) is 0 Å². The lowest BCUT2D eigenvalue weighted by molar-refractivity contribution is -0.114. The first-order valence-corrected chi connectivity index (χ1v) is 12.3. The maximum Gasteiger partial charge on any atom is 0.287 e. The summed E-state index contributed by atoms with van der Waals surface area (Å²) in [5, 5.41) is 3.47. The fourth-order valence-corrected chi connectivity index (χ4v) is 4.30. The molecule has 1 amide bonds. The zero-order chi connectivity index (χ0) is 26.5. The molecule has 0 aliphatic carbocycles. The van der Waals surface area contributed by atoms with Gasteiger partial charge in [-0.25, -0.2) is 19.3 Å². The Morgan fingerprint density at radius 3 is 2.68 bits per heavy atom. The third-order valence-corrected chi connectivity index (χ3v) is 6.31. The van der Waals surface area contributed by atoms with Crippen LogP contribution in [-0.2, 0) is 9.53 Å². The lowest BCUT2D eigenvalue weighted by Gasteiger charge is -2.28. The topological polar surface area (TPSA) is 130 Å². The molecule has 1 fully saturated rings. The molecule has 12 heteroatoms. The van der Waals surface area contributed by atoms with Gasteiger partial charge in [0.1, 0.15) is 12.0 Å². The molecule has 38 heavy (non-hydrogen) atoms. The van der Waals surface area contributed by atoms with Crippen LogP contribution in [-0.4, -0.2) is 69.9 Å². The largest absolute Gasteiger partial charge is 0.378 e. The molecule has 2 unspecified atom stereocenters. The van der Waals surface area contributed by atoms with E-state index in [9.17, 15) is 9.18 Å². The summed E-state index contributed by atoms with van der Waals surface area (Å²) in [7, 11) is 0. The average molecular weight is 518 g/mol. The van der Waals surface area contributed by atoms with Crippen LogP contribution < -0.4 is 21.1 Å². The smallest absolute Gasteiger partial charge is 0.287 e. The van der Waals surface area contributed by atoms with Gasteiger partial charge in [-0.1, -0.05) is 12.1 Å². The van der Waals surface area contributed by atoms with Crippen molar-refractivity contribution in [2.75, 3.05) is 41.9 Å². The van der Waals surface area contributed by atoms with E-state index in [1.807, 2.05) is 32.1 Å². The number of benzene rings is 1. The molecule has 2 aliphatic rings. The number of rotatable bonds is 7. The molecule has 3 N–H and O–H groups in total. The van der Waals surface area contributed by atoms with Gasteiger partial charge in [0.15, 0.2) is 11.6 Å². The van der Waals surface area contributed by atoms with Crippen LogP contribution in [0.1, 0.15) is 12.5 Å². The molecule has 0 radical (unpaired) electrons. The van der Waals surface area contributed by atoms with Crippen molar-refractivity contribution in [3.05, 3.63) is 66.6 Å². The highest BCUT2D eigenvalue weighted by Gasteiger charge is 2.22. The van der Waals surface area contributed by atoms with Crippen LogP contribution in [0.3, 0.4) is 0 Å². The molecule has 0 saturated carbocycles. The number of hydrogen-bond donors (Lipinski definition) is 3. The van der Waals surface area contributed by atoms with Gasteiger partial charge in [0, 0.05) is 36.7 Å². The molecule has 196 valence electrons. The number of anilines is 3. The standard InChI is InChI=1S/C26H28FN9O2/c1-16-11-19(3-4-20(16)18-12-28-15-29-13-18)32-22-5-6-23(31-17(22)2)25(37)34-35-26-30-14-21(27)24(33-26)36-7-9-38-10-8-36/h3-6,11-15,17,22,32H,7-10H2,1-2H3,(H,34,37)(H,30,33,35). The minimum atomic E-state index is -0.533. The Balaban J connectivity index is 1.18. The summed E-state index contributed by atoms with van der Waals surface area (Å²) in [5.41, 5.74) is 9.51. The van der Waals surface area contributed by atoms with Crippen molar-refractivity contribution in [1.29, 1.82) is 0 Å². The van der Waals surface area contributed by atoms with Gasteiger partial charge in [0.05, 0.1) is 31.5 Å². The Morgan fingerprint density at radius 2 is 1.95 bits per heavy atom.